The van der Waals surface area contributed by atoms with Crippen LogP contribution in [0.25, 0.3) is 22.6 Å². The van der Waals surface area contributed by atoms with Gasteiger partial charge in [0.15, 0.2) is 5.58 Å². The second kappa shape index (κ2) is 4.10. The van der Waals surface area contributed by atoms with Crippen LogP contribution in [0, 0.1) is 0 Å². The Balaban J connectivity index is 2.10. The Bertz CT molecular complexity index is 688. The Morgan fingerprint density at radius 2 is 2.00 bits per heavy atom. The van der Waals surface area contributed by atoms with Gasteiger partial charge in [0.1, 0.15) is 5.52 Å². The summed E-state index contributed by atoms with van der Waals surface area (Å²) in [5.41, 5.74) is 9.01. The average Bonchev–Trinajstić information content (AvgIpc) is 2.82. The maximum Gasteiger partial charge on any atom is 0.230 e. The first-order valence-electron chi connectivity index (χ1n) is 5.73. The summed E-state index contributed by atoms with van der Waals surface area (Å²) in [5.74, 6) is 0.751. The molecule has 0 unspecified atom stereocenters. The molecule has 0 saturated heterocycles. The van der Waals surface area contributed by atoms with E-state index in [1.807, 2.05) is 18.2 Å². The van der Waals surface area contributed by atoms with Gasteiger partial charge in [0.05, 0.1) is 5.56 Å². The van der Waals surface area contributed by atoms with E-state index >= 15 is 0 Å². The zero-order valence-corrected chi connectivity index (χ0v) is 9.92. The van der Waals surface area contributed by atoms with E-state index in [-0.39, 0.29) is 5.95 Å². The Hall–Kier alpha value is -2.43. The quantitative estimate of drug-likeness (QED) is 0.744. The number of nitrogen functional groups attached to an aromatic ring is 1. The van der Waals surface area contributed by atoms with Crippen molar-refractivity contribution in [3.05, 3.63) is 36.2 Å². The van der Waals surface area contributed by atoms with Crippen molar-refractivity contribution >= 4 is 17.0 Å². The molecule has 0 bridgehead atoms. The fourth-order valence-electron chi connectivity index (χ4n) is 1.76. The van der Waals surface area contributed by atoms with Gasteiger partial charge in [0, 0.05) is 12.4 Å². The van der Waals surface area contributed by atoms with E-state index in [0.29, 0.717) is 5.89 Å². The fourth-order valence-corrected chi connectivity index (χ4v) is 1.76. The number of rotatable bonds is 2. The van der Waals surface area contributed by atoms with Crippen molar-refractivity contribution in [1.82, 2.24) is 15.0 Å². The molecule has 3 rings (SSSR count). The first kappa shape index (κ1) is 10.7. The lowest BCUT2D eigenvalue weighted by Gasteiger charge is -1.93. The van der Waals surface area contributed by atoms with E-state index in [2.05, 4.69) is 21.9 Å². The van der Waals surface area contributed by atoms with Gasteiger partial charge in [-0.2, -0.15) is 0 Å². The number of aryl methyl sites for hydroxylation is 1. The first-order valence-corrected chi connectivity index (χ1v) is 5.73. The second-order valence-electron chi connectivity index (χ2n) is 4.00. The highest BCUT2D eigenvalue weighted by Gasteiger charge is 2.09. The van der Waals surface area contributed by atoms with Gasteiger partial charge < -0.3 is 10.2 Å². The highest BCUT2D eigenvalue weighted by Crippen LogP contribution is 2.24. The van der Waals surface area contributed by atoms with E-state index in [9.17, 15) is 0 Å². The number of benzene rings is 1. The van der Waals surface area contributed by atoms with Crippen molar-refractivity contribution in [2.24, 2.45) is 0 Å². The van der Waals surface area contributed by atoms with Crippen LogP contribution in [0.1, 0.15) is 12.5 Å². The minimum atomic E-state index is 0.239. The summed E-state index contributed by atoms with van der Waals surface area (Å²) in [6, 6.07) is 6.00. The third kappa shape index (κ3) is 1.79. The molecule has 2 heterocycles. The van der Waals surface area contributed by atoms with Crippen molar-refractivity contribution < 1.29 is 4.42 Å². The number of anilines is 1. The number of aromatic nitrogens is 3. The summed E-state index contributed by atoms with van der Waals surface area (Å²) >= 11 is 0. The molecule has 0 aliphatic rings. The van der Waals surface area contributed by atoms with Crippen LogP contribution < -0.4 is 5.73 Å². The average molecular weight is 240 g/mol. The molecule has 2 N–H and O–H groups in total. The molecular formula is C13H12N4O. The van der Waals surface area contributed by atoms with E-state index in [0.717, 1.165) is 23.1 Å². The molecule has 0 radical (unpaired) electrons. The third-order valence-electron chi connectivity index (χ3n) is 2.78. The molecule has 0 spiro atoms. The third-order valence-corrected chi connectivity index (χ3v) is 2.78. The standard InChI is InChI=1S/C13H12N4O/c1-2-8-3-4-11-10(5-8)17-12(18-11)9-6-15-13(14)16-7-9/h3-7H,2H2,1H3,(H2,14,15,16). The summed E-state index contributed by atoms with van der Waals surface area (Å²) in [4.78, 5) is 12.3. The molecular weight excluding hydrogens is 228 g/mol. The minimum absolute atomic E-state index is 0.239. The summed E-state index contributed by atoms with van der Waals surface area (Å²) < 4.78 is 5.66. The number of fused-ring (bicyclic) bond motifs is 1. The smallest absolute Gasteiger partial charge is 0.230 e. The first-order chi connectivity index (χ1) is 8.76. The highest BCUT2D eigenvalue weighted by atomic mass is 16.3. The lowest BCUT2D eigenvalue weighted by molar-refractivity contribution is 0.619. The monoisotopic (exact) mass is 240 g/mol. The molecule has 0 aliphatic carbocycles. The van der Waals surface area contributed by atoms with Crippen molar-refractivity contribution in [2.45, 2.75) is 13.3 Å². The molecule has 0 saturated carbocycles. The number of oxazole rings is 1. The molecule has 0 atom stereocenters. The van der Waals surface area contributed by atoms with Crippen LogP contribution in [0.2, 0.25) is 0 Å². The maximum absolute atomic E-state index is 5.66. The predicted molar refractivity (Wildman–Crippen MR) is 68.8 cm³/mol. The van der Waals surface area contributed by atoms with Gasteiger partial charge in [0.25, 0.3) is 0 Å². The fraction of sp³-hybridized carbons (Fsp3) is 0.154. The van der Waals surface area contributed by atoms with Gasteiger partial charge in [-0.25, -0.2) is 15.0 Å². The van der Waals surface area contributed by atoms with Gasteiger partial charge in [0.2, 0.25) is 11.8 Å². The van der Waals surface area contributed by atoms with Crippen LogP contribution in [0.15, 0.2) is 35.0 Å². The Morgan fingerprint density at radius 3 is 2.72 bits per heavy atom. The van der Waals surface area contributed by atoms with Crippen molar-refractivity contribution in [1.29, 1.82) is 0 Å². The van der Waals surface area contributed by atoms with Crippen LogP contribution in [0.5, 0.6) is 0 Å². The number of hydrogen-bond acceptors (Lipinski definition) is 5. The maximum atomic E-state index is 5.66. The van der Waals surface area contributed by atoms with Gasteiger partial charge in [-0.15, -0.1) is 0 Å². The lowest BCUT2D eigenvalue weighted by atomic mass is 10.1. The molecule has 1 aromatic carbocycles. The van der Waals surface area contributed by atoms with Gasteiger partial charge in [-0.05, 0) is 24.1 Å². The van der Waals surface area contributed by atoms with E-state index < -0.39 is 0 Å². The van der Waals surface area contributed by atoms with Crippen LogP contribution in [0.4, 0.5) is 5.95 Å². The summed E-state index contributed by atoms with van der Waals surface area (Å²) in [6.07, 6.45) is 4.19. The normalized spacial score (nSPS) is 10.9. The molecule has 3 aromatic rings. The molecule has 2 aromatic heterocycles. The number of nitrogens with two attached hydrogens (primary N) is 1. The van der Waals surface area contributed by atoms with Gasteiger partial charge in [-0.3, -0.25) is 0 Å². The molecule has 0 aliphatic heterocycles. The van der Waals surface area contributed by atoms with Crippen LogP contribution in [-0.4, -0.2) is 15.0 Å². The van der Waals surface area contributed by atoms with Gasteiger partial charge in [-0.1, -0.05) is 13.0 Å². The number of hydrogen-bond donors (Lipinski definition) is 1. The molecule has 0 amide bonds. The van der Waals surface area contributed by atoms with Crippen molar-refractivity contribution in [2.75, 3.05) is 5.73 Å². The Morgan fingerprint density at radius 1 is 1.22 bits per heavy atom. The van der Waals surface area contributed by atoms with Crippen LogP contribution in [-0.2, 0) is 6.42 Å². The molecule has 5 heteroatoms. The molecule has 0 fully saturated rings. The van der Waals surface area contributed by atoms with Crippen molar-refractivity contribution in [3.8, 4) is 11.5 Å². The molecule has 90 valence electrons. The molecule has 5 nitrogen and oxygen atoms in total. The highest BCUT2D eigenvalue weighted by molar-refractivity contribution is 5.76. The number of nitrogens with zero attached hydrogens (tertiary/aromatic N) is 3. The minimum Gasteiger partial charge on any atom is -0.436 e. The molecule has 18 heavy (non-hydrogen) atoms. The summed E-state index contributed by atoms with van der Waals surface area (Å²) in [7, 11) is 0. The van der Waals surface area contributed by atoms with E-state index in [1.54, 1.807) is 12.4 Å². The second-order valence-corrected chi connectivity index (χ2v) is 4.00. The van der Waals surface area contributed by atoms with Crippen LogP contribution >= 0.6 is 0 Å². The Labute approximate surface area is 104 Å². The van der Waals surface area contributed by atoms with Gasteiger partial charge >= 0.3 is 0 Å². The zero-order valence-electron chi connectivity index (χ0n) is 9.92. The SMILES string of the molecule is CCc1ccc2oc(-c3cnc(N)nc3)nc2c1. The largest absolute Gasteiger partial charge is 0.436 e. The van der Waals surface area contributed by atoms with E-state index in [1.165, 1.54) is 5.56 Å². The Kier molecular flexibility index (Phi) is 2.44. The topological polar surface area (TPSA) is 77.8 Å². The summed E-state index contributed by atoms with van der Waals surface area (Å²) in [6.45, 7) is 2.11. The van der Waals surface area contributed by atoms with Crippen molar-refractivity contribution in [3.63, 3.8) is 0 Å². The zero-order chi connectivity index (χ0) is 12.5. The lowest BCUT2D eigenvalue weighted by Crippen LogP contribution is -1.93. The van der Waals surface area contributed by atoms with Crippen LogP contribution in [0.3, 0.4) is 0 Å². The van der Waals surface area contributed by atoms with E-state index in [4.69, 9.17) is 10.2 Å². The predicted octanol–water partition coefficient (Wildman–Crippen LogP) is 2.43. The summed E-state index contributed by atoms with van der Waals surface area (Å²) in [5, 5.41) is 0.